The fraction of sp³-hybridized carbons (Fsp3) is 0. The molecule has 0 N–H and O–H groups in total. The van der Waals surface area contributed by atoms with E-state index in [0.29, 0.717) is 25.2 Å². The largest absolute Gasteiger partial charge is 0.306 e. The lowest BCUT2D eigenvalue weighted by Gasteiger charge is -2.11. The Hall–Kier alpha value is -0.810. The second-order valence-corrected chi connectivity index (χ2v) is 5.81. The summed E-state index contributed by atoms with van der Waals surface area (Å²) in [5.41, 5.74) is 1.40. The summed E-state index contributed by atoms with van der Waals surface area (Å²) in [5.74, 6) is 0. The molecule has 0 radical (unpaired) electrons. The normalized spacial score (nSPS) is 11.2. The Bertz CT molecular complexity index is 772. The van der Waals surface area contributed by atoms with Crippen molar-refractivity contribution in [2.75, 3.05) is 0 Å². The molecule has 1 aromatic carbocycles. The Labute approximate surface area is 132 Å². The average Bonchev–Trinajstić information content (AvgIpc) is 2.90. The van der Waals surface area contributed by atoms with Crippen molar-refractivity contribution in [3.8, 4) is 5.69 Å². The maximum Gasteiger partial charge on any atom is 0.131 e. The molecule has 0 amide bonds. The molecule has 0 atom stereocenters. The van der Waals surface area contributed by atoms with Gasteiger partial charge in [-0.05, 0) is 22.0 Å². The minimum Gasteiger partial charge on any atom is -0.306 e. The van der Waals surface area contributed by atoms with Gasteiger partial charge in [0.15, 0.2) is 0 Å². The van der Waals surface area contributed by atoms with Crippen molar-refractivity contribution in [1.82, 2.24) is 14.5 Å². The first-order chi connectivity index (χ1) is 9.08. The lowest BCUT2D eigenvalue weighted by molar-refractivity contribution is 1.06. The molecule has 2 aromatic heterocycles. The summed E-state index contributed by atoms with van der Waals surface area (Å²) in [5, 5.41) is 1.97. The van der Waals surface area contributed by atoms with E-state index < -0.39 is 0 Å². The topological polar surface area (TPSA) is 30.7 Å². The van der Waals surface area contributed by atoms with Gasteiger partial charge in [-0.25, -0.2) is 9.97 Å². The van der Waals surface area contributed by atoms with E-state index in [1.807, 2.05) is 16.8 Å². The van der Waals surface area contributed by atoms with E-state index in [-0.39, 0.29) is 0 Å². The van der Waals surface area contributed by atoms with Crippen molar-refractivity contribution in [1.29, 1.82) is 0 Å². The lowest BCUT2D eigenvalue weighted by Crippen LogP contribution is -1.95. The molecule has 96 valence electrons. The van der Waals surface area contributed by atoms with E-state index in [2.05, 4.69) is 25.9 Å². The Kier molecular flexibility index (Phi) is 3.43. The number of hydrogen-bond acceptors (Lipinski definition) is 2. The summed E-state index contributed by atoms with van der Waals surface area (Å²) in [7, 11) is 0. The third kappa shape index (κ3) is 2.23. The summed E-state index contributed by atoms with van der Waals surface area (Å²) in [6.07, 6.45) is 5.19. The summed E-state index contributed by atoms with van der Waals surface area (Å²) in [6.45, 7) is 0. The van der Waals surface area contributed by atoms with Gasteiger partial charge in [0.1, 0.15) is 5.15 Å². The molecule has 3 aromatic rings. The second-order valence-electron chi connectivity index (χ2n) is 3.82. The molecule has 0 aliphatic heterocycles. The number of benzene rings is 1. The van der Waals surface area contributed by atoms with Crippen LogP contribution in [0.1, 0.15) is 0 Å². The first-order valence-corrected chi connectivity index (χ1v) is 7.12. The van der Waals surface area contributed by atoms with Crippen LogP contribution < -0.4 is 0 Å². The monoisotopic (exact) mass is 375 g/mol. The predicted molar refractivity (Wildman–Crippen MR) is 81.6 cm³/mol. The molecule has 0 spiro atoms. The van der Waals surface area contributed by atoms with Gasteiger partial charge < -0.3 is 4.57 Å². The highest BCUT2D eigenvalue weighted by Gasteiger charge is 2.14. The van der Waals surface area contributed by atoms with Crippen molar-refractivity contribution in [2.24, 2.45) is 0 Å². The third-order valence-corrected chi connectivity index (χ3v) is 4.57. The van der Waals surface area contributed by atoms with Crippen LogP contribution in [0.5, 0.6) is 0 Å². The van der Waals surface area contributed by atoms with Crippen LogP contribution in [0.2, 0.25) is 15.2 Å². The van der Waals surface area contributed by atoms with E-state index in [9.17, 15) is 0 Å². The van der Waals surface area contributed by atoms with Crippen LogP contribution in [0.15, 0.2) is 35.3 Å². The van der Waals surface area contributed by atoms with Gasteiger partial charge in [0, 0.05) is 28.3 Å². The summed E-state index contributed by atoms with van der Waals surface area (Å²) in [6, 6.07) is 3.62. The zero-order chi connectivity index (χ0) is 13.6. The van der Waals surface area contributed by atoms with E-state index in [0.717, 1.165) is 11.1 Å². The molecule has 0 bridgehead atoms. The van der Waals surface area contributed by atoms with E-state index in [4.69, 9.17) is 34.8 Å². The molecule has 0 unspecified atom stereocenters. The smallest absolute Gasteiger partial charge is 0.131 e. The second kappa shape index (κ2) is 4.94. The Morgan fingerprint density at radius 3 is 2.58 bits per heavy atom. The van der Waals surface area contributed by atoms with Crippen LogP contribution in [-0.4, -0.2) is 14.5 Å². The van der Waals surface area contributed by atoms with Crippen molar-refractivity contribution >= 4 is 61.6 Å². The van der Waals surface area contributed by atoms with Crippen molar-refractivity contribution in [3.05, 3.63) is 50.5 Å². The third-order valence-electron chi connectivity index (χ3n) is 2.67. The fourth-order valence-corrected chi connectivity index (χ4v) is 2.95. The number of hydrogen-bond donors (Lipinski definition) is 0. The first kappa shape index (κ1) is 13.2. The molecule has 3 nitrogen and oxygen atoms in total. The molecule has 3 rings (SSSR count). The SMILES string of the molecule is Clc1cc(-n2ccnc2)c2cc(Br)c(Cl)c(Cl)c2n1. The molecule has 0 saturated carbocycles. The van der Waals surface area contributed by atoms with Gasteiger partial charge in [-0.3, -0.25) is 0 Å². The number of pyridine rings is 1. The summed E-state index contributed by atoms with van der Waals surface area (Å²) >= 11 is 21.8. The van der Waals surface area contributed by atoms with Gasteiger partial charge in [-0.15, -0.1) is 0 Å². The van der Waals surface area contributed by atoms with Crippen LogP contribution >= 0.6 is 50.7 Å². The Morgan fingerprint density at radius 1 is 1.11 bits per heavy atom. The van der Waals surface area contributed by atoms with Gasteiger partial charge >= 0.3 is 0 Å². The molecule has 7 heteroatoms. The van der Waals surface area contributed by atoms with Crippen LogP contribution in [0.25, 0.3) is 16.6 Å². The van der Waals surface area contributed by atoms with Crippen LogP contribution in [0.3, 0.4) is 0 Å². The van der Waals surface area contributed by atoms with Gasteiger partial charge in [0.05, 0.1) is 27.6 Å². The highest BCUT2D eigenvalue weighted by molar-refractivity contribution is 9.10. The highest BCUT2D eigenvalue weighted by atomic mass is 79.9. The van der Waals surface area contributed by atoms with Gasteiger partial charge in [-0.1, -0.05) is 34.8 Å². The van der Waals surface area contributed by atoms with Crippen molar-refractivity contribution in [3.63, 3.8) is 0 Å². The molecular formula is C12H5BrCl3N3. The minimum absolute atomic E-state index is 0.344. The van der Waals surface area contributed by atoms with E-state index in [1.165, 1.54) is 0 Å². The maximum atomic E-state index is 6.23. The Balaban J connectivity index is 2.46. The molecule has 19 heavy (non-hydrogen) atoms. The number of nitrogens with zero attached hydrogens (tertiary/aromatic N) is 3. The van der Waals surface area contributed by atoms with Crippen LogP contribution in [0.4, 0.5) is 0 Å². The summed E-state index contributed by atoms with van der Waals surface area (Å²) in [4.78, 5) is 8.27. The van der Waals surface area contributed by atoms with Crippen LogP contribution in [0, 0.1) is 0 Å². The van der Waals surface area contributed by atoms with Crippen molar-refractivity contribution < 1.29 is 0 Å². The molecule has 2 heterocycles. The van der Waals surface area contributed by atoms with Gasteiger partial charge in [0.2, 0.25) is 0 Å². The zero-order valence-corrected chi connectivity index (χ0v) is 13.1. The zero-order valence-electron chi connectivity index (χ0n) is 9.24. The highest BCUT2D eigenvalue weighted by Crippen LogP contribution is 2.38. The van der Waals surface area contributed by atoms with Gasteiger partial charge in [0.25, 0.3) is 0 Å². The number of aromatic nitrogens is 3. The Morgan fingerprint density at radius 2 is 1.89 bits per heavy atom. The molecule has 0 saturated heterocycles. The quantitative estimate of drug-likeness (QED) is 0.434. The van der Waals surface area contributed by atoms with E-state index in [1.54, 1.807) is 18.6 Å². The predicted octanol–water partition coefficient (Wildman–Crippen LogP) is 5.14. The number of fused-ring (bicyclic) bond motifs is 1. The van der Waals surface area contributed by atoms with Crippen molar-refractivity contribution in [2.45, 2.75) is 0 Å². The number of rotatable bonds is 1. The fourth-order valence-electron chi connectivity index (χ4n) is 1.83. The molecule has 0 fully saturated rings. The minimum atomic E-state index is 0.344. The number of imidazole rings is 1. The summed E-state index contributed by atoms with van der Waals surface area (Å²) < 4.78 is 2.55. The average molecular weight is 377 g/mol. The molecule has 0 aliphatic rings. The maximum absolute atomic E-state index is 6.23. The molecular weight excluding hydrogens is 372 g/mol. The number of halogens is 4. The standard InChI is InChI=1S/C12H5BrCl3N3/c13-7-3-6-8(19-2-1-17-5-19)4-9(14)18-12(6)11(16)10(7)15/h1-5H. The molecule has 0 aliphatic carbocycles. The lowest BCUT2D eigenvalue weighted by atomic mass is 10.2. The first-order valence-electron chi connectivity index (χ1n) is 5.20. The van der Waals surface area contributed by atoms with Crippen LogP contribution in [-0.2, 0) is 0 Å². The van der Waals surface area contributed by atoms with Gasteiger partial charge in [-0.2, -0.15) is 0 Å². The van der Waals surface area contributed by atoms with E-state index >= 15 is 0 Å².